The molecule has 62 heavy (non-hydrogen) atoms. The lowest BCUT2D eigenvalue weighted by Crippen LogP contribution is -2.38. The molecule has 0 saturated carbocycles. The number of nitrogens with one attached hydrogen (secondary N) is 3. The Morgan fingerprint density at radius 2 is 0.855 bits per heavy atom. The van der Waals surface area contributed by atoms with E-state index in [1.54, 1.807) is 0 Å². The number of halogens is 4. The van der Waals surface area contributed by atoms with Crippen molar-refractivity contribution < 1.29 is 69.9 Å². The monoisotopic (exact) mass is 896 g/mol. The minimum Gasteiger partial charge on any atom is -0.423 e. The van der Waals surface area contributed by atoms with E-state index >= 15 is 0 Å². The van der Waals surface area contributed by atoms with E-state index in [1.807, 2.05) is 13.8 Å². The Hall–Kier alpha value is -3.42. The van der Waals surface area contributed by atoms with Crippen molar-refractivity contribution in [1.82, 2.24) is 16.0 Å². The third-order valence-electron chi connectivity index (χ3n) is 9.32. The molecule has 0 atom stereocenters. The molecule has 0 bridgehead atoms. The van der Waals surface area contributed by atoms with Crippen LogP contribution in [0.5, 0.6) is 5.75 Å². The molecule has 18 heteroatoms. The van der Waals surface area contributed by atoms with E-state index < -0.39 is 40.6 Å². The summed E-state index contributed by atoms with van der Waals surface area (Å²) in [6.45, 7) is 11.6. The van der Waals surface area contributed by atoms with Gasteiger partial charge in [0.15, 0.2) is 17.4 Å². The summed E-state index contributed by atoms with van der Waals surface area (Å²) in [5.74, 6) is -9.66. The molecule has 0 radical (unpaired) electrons. The first-order valence-electron chi connectivity index (χ1n) is 22.3. The van der Waals surface area contributed by atoms with E-state index in [2.05, 4.69) is 16.0 Å². The Balaban J connectivity index is 2.34. The van der Waals surface area contributed by atoms with Gasteiger partial charge in [0.2, 0.25) is 29.4 Å². The van der Waals surface area contributed by atoms with Crippen molar-refractivity contribution in [1.29, 1.82) is 0 Å². The first-order valence-corrected chi connectivity index (χ1v) is 22.3. The SMILES string of the molecule is CCCOCCOCCOCCNC(=O)CCC(CCC(=O)NCCOCCOCCOCCC)NC(=O)CCCCCCCCCCC(=O)Oc1c(C)c(F)c(F)c(F)c1F. The van der Waals surface area contributed by atoms with Gasteiger partial charge in [-0.1, -0.05) is 52.4 Å². The minimum absolute atomic E-state index is 0.0892. The molecular weight excluding hydrogens is 822 g/mol. The number of rotatable bonds is 41. The van der Waals surface area contributed by atoms with Crippen LogP contribution in [-0.4, -0.2) is 122 Å². The third kappa shape index (κ3) is 29.0. The average molecular weight is 896 g/mol. The zero-order valence-electron chi connectivity index (χ0n) is 37.3. The fourth-order valence-electron chi connectivity index (χ4n) is 5.90. The summed E-state index contributed by atoms with van der Waals surface area (Å²) in [6, 6.07) is -0.373. The quantitative estimate of drug-likeness (QED) is 0.0163. The first kappa shape index (κ1) is 56.6. The highest BCUT2D eigenvalue weighted by molar-refractivity contribution is 5.78. The van der Waals surface area contributed by atoms with E-state index in [1.165, 1.54) is 0 Å². The Bertz CT molecular complexity index is 1310. The first-order chi connectivity index (χ1) is 30.0. The van der Waals surface area contributed by atoms with Crippen molar-refractivity contribution in [2.45, 2.75) is 130 Å². The summed E-state index contributed by atoms with van der Waals surface area (Å²) in [7, 11) is 0. The number of benzene rings is 1. The molecular formula is C44H73F4N3O11. The Morgan fingerprint density at radius 1 is 0.468 bits per heavy atom. The largest absolute Gasteiger partial charge is 0.423 e. The van der Waals surface area contributed by atoms with Crippen LogP contribution in [0.15, 0.2) is 0 Å². The van der Waals surface area contributed by atoms with Gasteiger partial charge in [-0.3, -0.25) is 19.2 Å². The van der Waals surface area contributed by atoms with Crippen molar-refractivity contribution in [3.8, 4) is 5.75 Å². The van der Waals surface area contributed by atoms with Crippen LogP contribution in [0.2, 0.25) is 0 Å². The van der Waals surface area contributed by atoms with E-state index in [0.29, 0.717) is 131 Å². The molecule has 0 spiro atoms. The highest BCUT2D eigenvalue weighted by atomic mass is 19.2. The molecule has 0 aromatic heterocycles. The Labute approximate surface area is 365 Å². The molecule has 0 fully saturated rings. The Morgan fingerprint density at radius 3 is 1.31 bits per heavy atom. The minimum atomic E-state index is -2.03. The van der Waals surface area contributed by atoms with Gasteiger partial charge < -0.3 is 49.1 Å². The van der Waals surface area contributed by atoms with Crippen molar-refractivity contribution in [3.63, 3.8) is 0 Å². The second kappa shape index (κ2) is 38.1. The zero-order valence-corrected chi connectivity index (χ0v) is 37.3. The molecule has 0 aliphatic carbocycles. The Kier molecular flexibility index (Phi) is 34.8. The lowest BCUT2D eigenvalue weighted by molar-refractivity contribution is -0.134. The maximum absolute atomic E-state index is 14.0. The molecule has 3 N–H and O–H groups in total. The highest BCUT2D eigenvalue weighted by Gasteiger charge is 2.26. The van der Waals surface area contributed by atoms with Crippen molar-refractivity contribution >= 4 is 23.7 Å². The zero-order chi connectivity index (χ0) is 45.6. The molecule has 0 saturated heterocycles. The molecule has 0 aliphatic heterocycles. The van der Waals surface area contributed by atoms with Crippen LogP contribution >= 0.6 is 0 Å². The van der Waals surface area contributed by atoms with Gasteiger partial charge >= 0.3 is 5.97 Å². The van der Waals surface area contributed by atoms with E-state index in [0.717, 1.165) is 51.9 Å². The molecule has 14 nitrogen and oxygen atoms in total. The summed E-state index contributed by atoms with van der Waals surface area (Å²) in [4.78, 5) is 50.1. The van der Waals surface area contributed by atoms with E-state index in [9.17, 15) is 36.7 Å². The summed E-state index contributed by atoms with van der Waals surface area (Å²) in [6.07, 6.45) is 9.32. The van der Waals surface area contributed by atoms with Gasteiger partial charge in [-0.05, 0) is 45.4 Å². The second-order valence-corrected chi connectivity index (χ2v) is 14.7. The standard InChI is InChI=1S/C44H73F4N3O11/c1-4-22-56-26-30-60-32-28-58-24-20-49-36(52)18-16-35(17-19-37(53)50-21-25-59-29-33-61-31-27-57-23-5-2)51-38(54)14-12-10-8-6-7-9-11-13-15-39(55)62-44-34(3)40(45)41(46)42(47)43(44)48/h35H,4-33H2,1-3H3,(H,49,52)(H,50,53)(H,51,54). The van der Waals surface area contributed by atoms with Gasteiger partial charge in [0.1, 0.15) is 0 Å². The fourth-order valence-corrected chi connectivity index (χ4v) is 5.90. The number of hydrogen-bond acceptors (Lipinski definition) is 11. The lowest BCUT2D eigenvalue weighted by atomic mass is 10.0. The van der Waals surface area contributed by atoms with Gasteiger partial charge in [-0.15, -0.1) is 0 Å². The van der Waals surface area contributed by atoms with Crippen LogP contribution in [0.3, 0.4) is 0 Å². The van der Waals surface area contributed by atoms with E-state index in [-0.39, 0.29) is 43.0 Å². The van der Waals surface area contributed by atoms with Crippen molar-refractivity contribution in [2.24, 2.45) is 0 Å². The van der Waals surface area contributed by atoms with Crippen LogP contribution in [0, 0.1) is 30.2 Å². The summed E-state index contributed by atoms with van der Waals surface area (Å²) in [5.41, 5.74) is -0.618. The molecule has 358 valence electrons. The number of carbonyl (C=O) groups is 4. The van der Waals surface area contributed by atoms with Gasteiger partial charge in [-0.2, -0.15) is 4.39 Å². The van der Waals surface area contributed by atoms with Crippen molar-refractivity contribution in [3.05, 3.63) is 28.8 Å². The third-order valence-corrected chi connectivity index (χ3v) is 9.32. The summed E-state index contributed by atoms with van der Waals surface area (Å²) >= 11 is 0. The van der Waals surface area contributed by atoms with Crippen LogP contribution in [0.4, 0.5) is 17.6 Å². The van der Waals surface area contributed by atoms with Gasteiger partial charge in [-0.25, -0.2) is 13.2 Å². The molecule has 1 aromatic rings. The average Bonchev–Trinajstić information content (AvgIpc) is 3.26. The normalized spacial score (nSPS) is 11.3. The van der Waals surface area contributed by atoms with Gasteiger partial charge in [0.25, 0.3) is 0 Å². The predicted octanol–water partition coefficient (Wildman–Crippen LogP) is 6.56. The molecule has 0 aliphatic rings. The van der Waals surface area contributed by atoms with Crippen molar-refractivity contribution in [2.75, 3.05) is 92.4 Å². The smallest absolute Gasteiger partial charge is 0.311 e. The van der Waals surface area contributed by atoms with Gasteiger partial charge in [0.05, 0.1) is 66.1 Å². The van der Waals surface area contributed by atoms with Crippen LogP contribution < -0.4 is 20.7 Å². The molecule has 1 rings (SSSR count). The van der Waals surface area contributed by atoms with Crippen LogP contribution in [0.1, 0.15) is 122 Å². The van der Waals surface area contributed by atoms with Gasteiger partial charge in [0, 0.05) is 63.6 Å². The number of amides is 3. The maximum Gasteiger partial charge on any atom is 0.311 e. The molecule has 3 amide bonds. The topological polar surface area (TPSA) is 169 Å². The summed E-state index contributed by atoms with van der Waals surface area (Å²) in [5, 5.41) is 8.66. The number of hydrogen-bond donors (Lipinski definition) is 3. The van der Waals surface area contributed by atoms with Crippen LogP contribution in [-0.2, 0) is 47.6 Å². The lowest BCUT2D eigenvalue weighted by Gasteiger charge is -2.19. The molecule has 1 aromatic carbocycles. The predicted molar refractivity (Wildman–Crippen MR) is 225 cm³/mol. The second-order valence-electron chi connectivity index (χ2n) is 14.7. The number of esters is 1. The number of ether oxygens (including phenoxy) is 7. The fraction of sp³-hybridized carbons (Fsp3) is 0.773. The summed E-state index contributed by atoms with van der Waals surface area (Å²) < 4.78 is 92.0. The maximum atomic E-state index is 14.0. The highest BCUT2D eigenvalue weighted by Crippen LogP contribution is 2.30. The van der Waals surface area contributed by atoms with Crippen LogP contribution in [0.25, 0.3) is 0 Å². The number of carbonyl (C=O) groups excluding carboxylic acids is 4. The number of unbranched alkanes of at least 4 members (excludes halogenated alkanes) is 7. The molecule has 0 unspecified atom stereocenters. The van der Waals surface area contributed by atoms with E-state index in [4.69, 9.17) is 33.2 Å². The molecule has 0 heterocycles.